The second kappa shape index (κ2) is 9.83. The Bertz CT molecular complexity index is 987. The predicted molar refractivity (Wildman–Crippen MR) is 115 cm³/mol. The lowest BCUT2D eigenvalue weighted by Gasteiger charge is -2.28. The van der Waals surface area contributed by atoms with Gasteiger partial charge in [-0.05, 0) is 37.7 Å². The maximum Gasteiger partial charge on any atom is 0.316 e. The normalized spacial score (nSPS) is 13.3. The van der Waals surface area contributed by atoms with Gasteiger partial charge in [0, 0.05) is 36.3 Å². The maximum absolute atomic E-state index is 11.9. The molecule has 8 heteroatoms. The first-order valence-corrected chi connectivity index (χ1v) is 10.7. The van der Waals surface area contributed by atoms with Gasteiger partial charge in [-0.3, -0.25) is 4.79 Å². The molecule has 0 saturated heterocycles. The highest BCUT2D eigenvalue weighted by molar-refractivity contribution is 7.99. The number of benzene rings is 1. The fourth-order valence-corrected chi connectivity index (χ4v) is 4.32. The van der Waals surface area contributed by atoms with Crippen molar-refractivity contribution in [2.24, 2.45) is 0 Å². The lowest BCUT2D eigenvalue weighted by Crippen LogP contribution is -2.28. The molecule has 0 spiro atoms. The van der Waals surface area contributed by atoms with E-state index in [1.165, 1.54) is 11.8 Å². The van der Waals surface area contributed by atoms with Crippen molar-refractivity contribution in [3.63, 3.8) is 0 Å². The van der Waals surface area contributed by atoms with Crippen molar-refractivity contribution < 1.29 is 19.0 Å². The zero-order valence-corrected chi connectivity index (χ0v) is 18.5. The molecule has 1 aromatic carbocycles. The van der Waals surface area contributed by atoms with Crippen molar-refractivity contribution in [3.05, 3.63) is 35.0 Å². The number of carbonyl (C=O) groups excluding carboxylic acids is 1. The molecule has 0 unspecified atom stereocenters. The molecular weight excluding hydrogens is 402 g/mol. The minimum absolute atomic E-state index is 0.100. The summed E-state index contributed by atoms with van der Waals surface area (Å²) in [7, 11) is 5.26. The number of methoxy groups -OCH3 is 2. The number of likely N-dealkylation sites (N-methyl/N-ethyl adjacent to an activating group) is 1. The van der Waals surface area contributed by atoms with E-state index in [-0.39, 0.29) is 11.7 Å². The summed E-state index contributed by atoms with van der Waals surface area (Å²) in [6.07, 6.45) is 0.768. The average Bonchev–Trinajstić information content (AvgIpc) is 2.76. The van der Waals surface area contributed by atoms with Gasteiger partial charge in [0.25, 0.3) is 0 Å². The van der Waals surface area contributed by atoms with E-state index in [0.717, 1.165) is 35.3 Å². The quantitative estimate of drug-likeness (QED) is 0.492. The Morgan fingerprint density at radius 1 is 1.33 bits per heavy atom. The topological polar surface area (TPSA) is 84.7 Å². The van der Waals surface area contributed by atoms with Crippen LogP contribution in [0.25, 0.3) is 11.1 Å². The Kier molecular flexibility index (Phi) is 7.19. The summed E-state index contributed by atoms with van der Waals surface area (Å²) in [6, 6.07) is 7.86. The van der Waals surface area contributed by atoms with Gasteiger partial charge in [0.1, 0.15) is 22.6 Å². The number of pyridine rings is 1. The standard InChI is InChI=1S/C22H25N3O4S/c1-5-29-20(26)13-30-22-16(11-23)21(17-12-25(2)9-8-18(17)24-22)15-10-14(27-3)6-7-19(15)28-4/h6-7,10H,5,8-9,12-13H2,1-4H3. The third-order valence-electron chi connectivity index (χ3n) is 4.93. The van der Waals surface area contributed by atoms with Gasteiger partial charge in [0.2, 0.25) is 0 Å². The van der Waals surface area contributed by atoms with E-state index in [0.29, 0.717) is 35.2 Å². The van der Waals surface area contributed by atoms with Gasteiger partial charge in [-0.25, -0.2) is 4.98 Å². The van der Waals surface area contributed by atoms with Crippen LogP contribution < -0.4 is 9.47 Å². The van der Waals surface area contributed by atoms with Crippen LogP contribution >= 0.6 is 11.8 Å². The predicted octanol–water partition coefficient (Wildman–Crippen LogP) is 3.28. The van der Waals surface area contributed by atoms with Crippen molar-refractivity contribution in [3.8, 4) is 28.7 Å². The molecule has 1 aromatic heterocycles. The number of carbonyl (C=O) groups is 1. The molecule has 0 radical (unpaired) electrons. The molecule has 0 bridgehead atoms. The largest absolute Gasteiger partial charge is 0.497 e. The van der Waals surface area contributed by atoms with E-state index < -0.39 is 0 Å². The second-order valence-corrected chi connectivity index (χ2v) is 7.82. The van der Waals surface area contributed by atoms with Crippen molar-refractivity contribution in [1.82, 2.24) is 9.88 Å². The van der Waals surface area contributed by atoms with Crippen LogP contribution in [0.3, 0.4) is 0 Å². The molecule has 0 atom stereocenters. The molecule has 1 aliphatic rings. The molecule has 0 fully saturated rings. The van der Waals surface area contributed by atoms with E-state index >= 15 is 0 Å². The summed E-state index contributed by atoms with van der Waals surface area (Å²) in [5, 5.41) is 10.6. The number of thioether (sulfide) groups is 1. The van der Waals surface area contributed by atoms with Crippen molar-refractivity contribution in [2.75, 3.05) is 40.2 Å². The molecule has 0 aliphatic carbocycles. The summed E-state index contributed by atoms with van der Waals surface area (Å²) < 4.78 is 16.1. The van der Waals surface area contributed by atoms with Crippen LogP contribution in [0.2, 0.25) is 0 Å². The molecule has 0 N–H and O–H groups in total. The minimum Gasteiger partial charge on any atom is -0.497 e. The van der Waals surface area contributed by atoms with Gasteiger partial charge in [-0.2, -0.15) is 5.26 Å². The molecule has 2 aromatic rings. The number of aromatic nitrogens is 1. The Morgan fingerprint density at radius 2 is 2.13 bits per heavy atom. The van der Waals surface area contributed by atoms with Crippen molar-refractivity contribution >= 4 is 17.7 Å². The van der Waals surface area contributed by atoms with E-state index in [9.17, 15) is 10.1 Å². The molecule has 3 rings (SSSR count). The highest BCUT2D eigenvalue weighted by Gasteiger charge is 2.27. The summed E-state index contributed by atoms with van der Waals surface area (Å²) in [6.45, 7) is 3.64. The third-order valence-corrected chi connectivity index (χ3v) is 5.88. The first-order chi connectivity index (χ1) is 14.5. The number of hydrogen-bond donors (Lipinski definition) is 0. The van der Waals surface area contributed by atoms with E-state index in [1.54, 1.807) is 21.1 Å². The monoisotopic (exact) mass is 427 g/mol. The van der Waals surface area contributed by atoms with E-state index in [1.807, 2.05) is 25.2 Å². The highest BCUT2D eigenvalue weighted by atomic mass is 32.2. The van der Waals surface area contributed by atoms with Gasteiger partial charge in [0.05, 0.1) is 32.1 Å². The van der Waals surface area contributed by atoms with E-state index in [2.05, 4.69) is 11.0 Å². The molecule has 30 heavy (non-hydrogen) atoms. The molecule has 158 valence electrons. The lowest BCUT2D eigenvalue weighted by molar-refractivity contribution is -0.139. The Labute approximate surface area is 180 Å². The number of nitrogens with zero attached hydrogens (tertiary/aromatic N) is 3. The first-order valence-electron chi connectivity index (χ1n) is 9.67. The lowest BCUT2D eigenvalue weighted by atomic mass is 9.91. The number of esters is 1. The number of nitriles is 1. The number of hydrogen-bond acceptors (Lipinski definition) is 8. The average molecular weight is 428 g/mol. The number of rotatable bonds is 7. The molecule has 1 aliphatic heterocycles. The minimum atomic E-state index is -0.328. The van der Waals surface area contributed by atoms with Crippen LogP contribution in [0, 0.1) is 11.3 Å². The number of fused-ring (bicyclic) bond motifs is 1. The fraction of sp³-hybridized carbons (Fsp3) is 0.409. The summed E-state index contributed by atoms with van der Waals surface area (Å²) in [5.41, 5.74) is 3.95. The van der Waals surface area contributed by atoms with Crippen molar-refractivity contribution in [2.45, 2.75) is 24.9 Å². The van der Waals surface area contributed by atoms with Gasteiger partial charge in [0.15, 0.2) is 0 Å². The Balaban J connectivity index is 2.21. The SMILES string of the molecule is CCOC(=O)CSc1nc2c(c(-c3cc(OC)ccc3OC)c1C#N)CN(C)CC2. The van der Waals surface area contributed by atoms with Crippen LogP contribution in [0.15, 0.2) is 23.2 Å². The smallest absolute Gasteiger partial charge is 0.316 e. The Hall–Kier alpha value is -2.76. The van der Waals surface area contributed by atoms with Gasteiger partial charge in [-0.1, -0.05) is 11.8 Å². The van der Waals surface area contributed by atoms with Crippen molar-refractivity contribution in [1.29, 1.82) is 5.26 Å². The van der Waals surface area contributed by atoms with Crippen LogP contribution in [-0.2, 0) is 22.5 Å². The van der Waals surface area contributed by atoms with E-state index in [4.69, 9.17) is 19.2 Å². The zero-order valence-electron chi connectivity index (χ0n) is 17.7. The zero-order chi connectivity index (χ0) is 21.7. The third kappa shape index (κ3) is 4.53. The number of ether oxygens (including phenoxy) is 3. The van der Waals surface area contributed by atoms with Crippen LogP contribution in [0.4, 0.5) is 0 Å². The van der Waals surface area contributed by atoms with Crippen LogP contribution in [0.1, 0.15) is 23.7 Å². The fourth-order valence-electron chi connectivity index (χ4n) is 3.52. The summed E-state index contributed by atoms with van der Waals surface area (Å²) >= 11 is 1.23. The summed E-state index contributed by atoms with van der Waals surface area (Å²) in [5.74, 6) is 1.09. The maximum atomic E-state index is 11.9. The Morgan fingerprint density at radius 3 is 2.80 bits per heavy atom. The highest BCUT2D eigenvalue weighted by Crippen LogP contribution is 2.42. The van der Waals surface area contributed by atoms with Gasteiger partial charge in [-0.15, -0.1) is 0 Å². The van der Waals surface area contributed by atoms with Crippen LogP contribution in [0.5, 0.6) is 11.5 Å². The second-order valence-electron chi connectivity index (χ2n) is 6.85. The summed E-state index contributed by atoms with van der Waals surface area (Å²) in [4.78, 5) is 18.9. The molecule has 2 heterocycles. The molecule has 0 saturated carbocycles. The molecule has 0 amide bonds. The van der Waals surface area contributed by atoms with Gasteiger partial charge < -0.3 is 19.1 Å². The van der Waals surface area contributed by atoms with Gasteiger partial charge >= 0.3 is 5.97 Å². The molecule has 7 nitrogen and oxygen atoms in total. The first kappa shape index (κ1) is 21.9. The van der Waals surface area contributed by atoms with Crippen LogP contribution in [-0.4, -0.2) is 56.0 Å². The molecular formula is C22H25N3O4S.